The number of fused-ring (bicyclic) bond motifs is 1. The number of hydrogen-bond acceptors (Lipinski definition) is 6. The first kappa shape index (κ1) is 18.4. The first-order valence-corrected chi connectivity index (χ1v) is 9.48. The van der Waals surface area contributed by atoms with Crippen molar-refractivity contribution in [2.75, 3.05) is 37.8 Å². The largest absolute Gasteiger partial charge is 0.494 e. The van der Waals surface area contributed by atoms with Crippen molar-refractivity contribution in [3.05, 3.63) is 64.3 Å². The van der Waals surface area contributed by atoms with Gasteiger partial charge in [-0.15, -0.1) is 0 Å². The molecule has 6 heteroatoms. The minimum Gasteiger partial charge on any atom is -0.494 e. The summed E-state index contributed by atoms with van der Waals surface area (Å²) in [7, 11) is 0. The van der Waals surface area contributed by atoms with Crippen molar-refractivity contribution < 1.29 is 18.6 Å². The van der Waals surface area contributed by atoms with Crippen LogP contribution in [0.5, 0.6) is 11.5 Å². The standard InChI is InChI=1S/C22H23NO5/c1-2-26-17-8-6-16(7-9-17)15-27-20-5-3-4-18-19(24)14-21(28-22(18)20)23-10-12-25-13-11-23/h3-9,14H,2,10-13,15H2,1H3. The SMILES string of the molecule is CCOc1ccc(COc2cccc3c(=O)cc(N4CCOCC4)oc23)cc1. The van der Waals surface area contributed by atoms with Crippen molar-refractivity contribution in [1.29, 1.82) is 0 Å². The van der Waals surface area contributed by atoms with Crippen molar-refractivity contribution in [3.63, 3.8) is 0 Å². The van der Waals surface area contributed by atoms with Gasteiger partial charge in [0, 0.05) is 19.2 Å². The molecule has 1 fully saturated rings. The summed E-state index contributed by atoms with van der Waals surface area (Å²) in [5.74, 6) is 1.94. The molecule has 0 aliphatic carbocycles. The molecule has 0 amide bonds. The zero-order chi connectivity index (χ0) is 19.3. The Labute approximate surface area is 163 Å². The van der Waals surface area contributed by atoms with E-state index in [1.54, 1.807) is 18.2 Å². The average molecular weight is 381 g/mol. The Hall–Kier alpha value is -2.99. The second-order valence-electron chi connectivity index (χ2n) is 6.55. The van der Waals surface area contributed by atoms with Crippen molar-refractivity contribution >= 4 is 16.9 Å². The fourth-order valence-electron chi connectivity index (χ4n) is 3.20. The molecule has 0 unspecified atom stereocenters. The Morgan fingerprint density at radius 3 is 2.57 bits per heavy atom. The molecule has 0 bridgehead atoms. The van der Waals surface area contributed by atoms with Crippen LogP contribution in [-0.2, 0) is 11.3 Å². The molecule has 0 N–H and O–H groups in total. The summed E-state index contributed by atoms with van der Waals surface area (Å²) in [6, 6.07) is 14.7. The number of rotatable bonds is 6. The maximum atomic E-state index is 12.6. The Kier molecular flexibility index (Phi) is 5.48. The lowest BCUT2D eigenvalue weighted by atomic mass is 10.2. The third-order valence-electron chi connectivity index (χ3n) is 4.66. The molecule has 1 aromatic heterocycles. The van der Waals surface area contributed by atoms with E-state index in [1.807, 2.05) is 42.2 Å². The van der Waals surface area contributed by atoms with E-state index in [9.17, 15) is 4.79 Å². The number of nitrogens with zero attached hydrogens (tertiary/aromatic N) is 1. The summed E-state index contributed by atoms with van der Waals surface area (Å²) in [5.41, 5.74) is 1.41. The Morgan fingerprint density at radius 1 is 1.04 bits per heavy atom. The van der Waals surface area contributed by atoms with Crippen molar-refractivity contribution in [3.8, 4) is 11.5 Å². The Balaban J connectivity index is 1.59. The highest BCUT2D eigenvalue weighted by Crippen LogP contribution is 2.28. The third-order valence-corrected chi connectivity index (χ3v) is 4.66. The van der Waals surface area contributed by atoms with Crippen LogP contribution in [0.15, 0.2) is 57.7 Å². The topological polar surface area (TPSA) is 61.1 Å². The van der Waals surface area contributed by atoms with E-state index in [4.69, 9.17) is 18.6 Å². The minimum atomic E-state index is -0.0748. The van der Waals surface area contributed by atoms with Gasteiger partial charge in [-0.05, 0) is 36.8 Å². The van der Waals surface area contributed by atoms with Crippen molar-refractivity contribution in [2.45, 2.75) is 13.5 Å². The minimum absolute atomic E-state index is 0.0748. The van der Waals surface area contributed by atoms with E-state index < -0.39 is 0 Å². The molecule has 1 aliphatic heterocycles. The molecule has 1 saturated heterocycles. The smallest absolute Gasteiger partial charge is 0.200 e. The predicted molar refractivity (Wildman–Crippen MR) is 107 cm³/mol. The number of ether oxygens (including phenoxy) is 3. The van der Waals surface area contributed by atoms with E-state index in [1.165, 1.54) is 0 Å². The first-order chi connectivity index (χ1) is 13.7. The first-order valence-electron chi connectivity index (χ1n) is 9.48. The maximum Gasteiger partial charge on any atom is 0.200 e. The Morgan fingerprint density at radius 2 is 1.82 bits per heavy atom. The molecular weight excluding hydrogens is 358 g/mol. The molecule has 3 aromatic rings. The van der Waals surface area contributed by atoms with Crippen LogP contribution in [0, 0.1) is 0 Å². The summed E-state index contributed by atoms with van der Waals surface area (Å²) in [4.78, 5) is 14.6. The fourth-order valence-corrected chi connectivity index (χ4v) is 3.20. The van der Waals surface area contributed by atoms with E-state index >= 15 is 0 Å². The van der Waals surface area contributed by atoms with Gasteiger partial charge in [-0.3, -0.25) is 4.79 Å². The molecule has 146 valence electrons. The van der Waals surface area contributed by atoms with Crippen molar-refractivity contribution in [1.82, 2.24) is 0 Å². The summed E-state index contributed by atoms with van der Waals surface area (Å²) >= 11 is 0. The van der Waals surface area contributed by atoms with Crippen molar-refractivity contribution in [2.24, 2.45) is 0 Å². The molecule has 2 aromatic carbocycles. The maximum absolute atomic E-state index is 12.6. The monoisotopic (exact) mass is 381 g/mol. The summed E-state index contributed by atoms with van der Waals surface area (Å²) in [6.07, 6.45) is 0. The van der Waals surface area contributed by atoms with Crippen LogP contribution in [-0.4, -0.2) is 32.9 Å². The van der Waals surface area contributed by atoms with Crippen LogP contribution in [0.3, 0.4) is 0 Å². The second-order valence-corrected chi connectivity index (χ2v) is 6.55. The Bertz CT molecular complexity index is 990. The molecule has 2 heterocycles. The van der Waals surface area contributed by atoms with Crippen LogP contribution < -0.4 is 19.8 Å². The molecule has 0 spiro atoms. The quantitative estimate of drug-likeness (QED) is 0.650. The van der Waals surface area contributed by atoms with Gasteiger partial charge in [0.15, 0.2) is 22.6 Å². The molecule has 28 heavy (non-hydrogen) atoms. The lowest BCUT2D eigenvalue weighted by Crippen LogP contribution is -2.36. The lowest BCUT2D eigenvalue weighted by Gasteiger charge is -2.27. The van der Waals surface area contributed by atoms with E-state index in [0.29, 0.717) is 62.1 Å². The lowest BCUT2D eigenvalue weighted by molar-refractivity contribution is 0.120. The van der Waals surface area contributed by atoms with Crippen LogP contribution in [0.4, 0.5) is 5.88 Å². The highest BCUT2D eigenvalue weighted by atomic mass is 16.5. The summed E-state index contributed by atoms with van der Waals surface area (Å²) in [5, 5.41) is 0.515. The number of hydrogen-bond donors (Lipinski definition) is 0. The zero-order valence-electron chi connectivity index (χ0n) is 15.8. The predicted octanol–water partition coefficient (Wildman–Crippen LogP) is 3.61. The van der Waals surface area contributed by atoms with Gasteiger partial charge in [0.25, 0.3) is 0 Å². The van der Waals surface area contributed by atoms with Gasteiger partial charge in [0.2, 0.25) is 0 Å². The van der Waals surface area contributed by atoms with Gasteiger partial charge >= 0.3 is 0 Å². The number of benzene rings is 2. The van der Waals surface area contributed by atoms with Crippen LogP contribution >= 0.6 is 0 Å². The highest BCUT2D eigenvalue weighted by Gasteiger charge is 2.17. The third kappa shape index (κ3) is 3.97. The van der Waals surface area contributed by atoms with Crippen LogP contribution in [0.1, 0.15) is 12.5 Å². The normalized spacial score (nSPS) is 14.2. The molecule has 4 rings (SSSR count). The van der Waals surface area contributed by atoms with Crippen LogP contribution in [0.2, 0.25) is 0 Å². The number of anilines is 1. The fraction of sp³-hybridized carbons (Fsp3) is 0.318. The molecule has 1 aliphatic rings. The van der Waals surface area contributed by atoms with E-state index in [-0.39, 0.29) is 5.43 Å². The van der Waals surface area contributed by atoms with Gasteiger partial charge in [-0.1, -0.05) is 18.2 Å². The molecular formula is C22H23NO5. The number of morpholine rings is 1. The molecule has 0 atom stereocenters. The van der Waals surface area contributed by atoms with Gasteiger partial charge in [0.05, 0.1) is 25.2 Å². The van der Waals surface area contributed by atoms with Gasteiger partial charge in [0.1, 0.15) is 12.4 Å². The van der Waals surface area contributed by atoms with Gasteiger partial charge in [-0.2, -0.15) is 0 Å². The second kappa shape index (κ2) is 8.35. The molecule has 0 saturated carbocycles. The highest BCUT2D eigenvalue weighted by molar-refractivity contribution is 5.83. The van der Waals surface area contributed by atoms with E-state index in [2.05, 4.69) is 0 Å². The van der Waals surface area contributed by atoms with Crippen LogP contribution in [0.25, 0.3) is 11.0 Å². The van der Waals surface area contributed by atoms with Gasteiger partial charge in [-0.25, -0.2) is 0 Å². The van der Waals surface area contributed by atoms with E-state index in [0.717, 1.165) is 11.3 Å². The molecule has 0 radical (unpaired) electrons. The molecule has 6 nitrogen and oxygen atoms in total. The summed E-state index contributed by atoms with van der Waals surface area (Å²) < 4.78 is 22.9. The average Bonchev–Trinajstić information content (AvgIpc) is 2.74. The number of para-hydroxylation sites is 1. The summed E-state index contributed by atoms with van der Waals surface area (Å²) in [6.45, 7) is 5.60. The zero-order valence-corrected chi connectivity index (χ0v) is 15.8. The van der Waals surface area contributed by atoms with Gasteiger partial charge < -0.3 is 23.5 Å².